The van der Waals surface area contributed by atoms with Gasteiger partial charge in [0.05, 0.1) is 5.25 Å². The van der Waals surface area contributed by atoms with Crippen molar-refractivity contribution in [1.29, 1.82) is 5.53 Å². The summed E-state index contributed by atoms with van der Waals surface area (Å²) in [6.07, 6.45) is 3.54. The SMILES string of the molecule is N=NC([SH](=O)=O)S(=O)(=O)C1CCCCC1. The van der Waals surface area contributed by atoms with Gasteiger partial charge in [0.15, 0.2) is 20.5 Å². The monoisotopic (exact) mass is 254 g/mol. The zero-order valence-electron chi connectivity index (χ0n) is 8.13. The van der Waals surface area contributed by atoms with Crippen LogP contribution in [0.2, 0.25) is 0 Å². The van der Waals surface area contributed by atoms with Crippen LogP contribution < -0.4 is 0 Å². The van der Waals surface area contributed by atoms with Crippen LogP contribution in [0.3, 0.4) is 0 Å². The summed E-state index contributed by atoms with van der Waals surface area (Å²) in [6.45, 7) is 0. The van der Waals surface area contributed by atoms with Gasteiger partial charge >= 0.3 is 0 Å². The van der Waals surface area contributed by atoms with Crippen molar-refractivity contribution in [2.45, 2.75) is 42.1 Å². The molecule has 0 aromatic heterocycles. The van der Waals surface area contributed by atoms with Gasteiger partial charge in [0.25, 0.3) is 4.71 Å². The van der Waals surface area contributed by atoms with Crippen molar-refractivity contribution < 1.29 is 16.8 Å². The van der Waals surface area contributed by atoms with Crippen LogP contribution in [-0.4, -0.2) is 26.8 Å². The average Bonchev–Trinajstić information content (AvgIpc) is 2.19. The molecule has 8 heteroatoms. The summed E-state index contributed by atoms with van der Waals surface area (Å²) in [4.78, 5) is 0. The Hall–Kier alpha value is -0.500. The first-order valence-corrected chi connectivity index (χ1v) is 7.58. The third-order valence-corrected chi connectivity index (χ3v) is 6.57. The van der Waals surface area contributed by atoms with Gasteiger partial charge in [0.1, 0.15) is 0 Å². The Morgan fingerprint density at radius 2 is 1.73 bits per heavy atom. The van der Waals surface area contributed by atoms with Gasteiger partial charge in [-0.3, -0.25) is 0 Å². The van der Waals surface area contributed by atoms with Crippen LogP contribution in [0.25, 0.3) is 0 Å². The number of sulfone groups is 1. The molecule has 1 atom stereocenters. The van der Waals surface area contributed by atoms with Crippen LogP contribution in [0.1, 0.15) is 32.1 Å². The van der Waals surface area contributed by atoms with Crippen molar-refractivity contribution in [1.82, 2.24) is 0 Å². The maximum absolute atomic E-state index is 11.8. The molecular weight excluding hydrogens is 240 g/mol. The molecular formula is C7H14N2O4S2. The van der Waals surface area contributed by atoms with Crippen LogP contribution in [0, 0.1) is 5.53 Å². The van der Waals surface area contributed by atoms with Crippen molar-refractivity contribution in [3.8, 4) is 0 Å². The van der Waals surface area contributed by atoms with E-state index < -0.39 is 30.5 Å². The molecule has 0 spiro atoms. The molecule has 1 aliphatic rings. The highest BCUT2D eigenvalue weighted by atomic mass is 32.3. The lowest BCUT2D eigenvalue weighted by Gasteiger charge is -2.22. The maximum Gasteiger partial charge on any atom is 0.268 e. The molecule has 1 N–H and O–H groups in total. The van der Waals surface area contributed by atoms with E-state index in [1.165, 1.54) is 0 Å². The van der Waals surface area contributed by atoms with Crippen LogP contribution >= 0.6 is 0 Å². The molecule has 1 rings (SSSR count). The van der Waals surface area contributed by atoms with E-state index in [0.717, 1.165) is 19.3 Å². The molecule has 1 fully saturated rings. The Morgan fingerprint density at radius 1 is 1.20 bits per heavy atom. The smallest absolute Gasteiger partial charge is 0.228 e. The van der Waals surface area contributed by atoms with Crippen molar-refractivity contribution in [2.24, 2.45) is 5.11 Å². The van der Waals surface area contributed by atoms with Crippen molar-refractivity contribution >= 4 is 20.5 Å². The molecule has 88 valence electrons. The lowest BCUT2D eigenvalue weighted by atomic mass is 10.0. The van der Waals surface area contributed by atoms with E-state index in [1.54, 1.807) is 0 Å². The predicted octanol–water partition coefficient (Wildman–Crippen LogP) is 0.660. The molecule has 0 amide bonds. The van der Waals surface area contributed by atoms with Gasteiger partial charge < -0.3 is 0 Å². The number of nitrogens with zero attached hydrogens (tertiary/aromatic N) is 1. The van der Waals surface area contributed by atoms with E-state index in [0.29, 0.717) is 12.8 Å². The standard InChI is InChI=1S/C7H14N2O4S2/c8-9-7(14(10)11)15(12,13)6-4-2-1-3-5-6/h6-8,14H,1-5H2. The lowest BCUT2D eigenvalue weighted by Crippen LogP contribution is -2.33. The van der Waals surface area contributed by atoms with E-state index >= 15 is 0 Å². The molecule has 0 aromatic rings. The summed E-state index contributed by atoms with van der Waals surface area (Å²) >= 11 is 0. The van der Waals surface area contributed by atoms with Crippen LogP contribution in [0.5, 0.6) is 0 Å². The van der Waals surface area contributed by atoms with Gasteiger partial charge in [-0.05, 0) is 12.8 Å². The maximum atomic E-state index is 11.8. The van der Waals surface area contributed by atoms with Gasteiger partial charge in [-0.25, -0.2) is 22.4 Å². The minimum atomic E-state index is -3.82. The zero-order valence-corrected chi connectivity index (χ0v) is 9.84. The van der Waals surface area contributed by atoms with E-state index in [2.05, 4.69) is 5.11 Å². The van der Waals surface area contributed by atoms with Gasteiger partial charge in [-0.15, -0.1) is 0 Å². The summed E-state index contributed by atoms with van der Waals surface area (Å²) in [5.74, 6) is 0. The van der Waals surface area contributed by atoms with Gasteiger partial charge in [0.2, 0.25) is 0 Å². The second-order valence-electron chi connectivity index (χ2n) is 3.59. The molecule has 0 aromatic carbocycles. The van der Waals surface area contributed by atoms with E-state index in [9.17, 15) is 16.8 Å². The van der Waals surface area contributed by atoms with E-state index in [4.69, 9.17) is 5.53 Å². The Bertz CT molecular complexity index is 387. The highest BCUT2D eigenvalue weighted by molar-refractivity contribution is 8.02. The van der Waals surface area contributed by atoms with E-state index in [-0.39, 0.29) is 0 Å². The lowest BCUT2D eigenvalue weighted by molar-refractivity contribution is 0.481. The third kappa shape index (κ3) is 2.75. The first kappa shape index (κ1) is 12.6. The van der Waals surface area contributed by atoms with Crippen molar-refractivity contribution in [3.05, 3.63) is 0 Å². The highest BCUT2D eigenvalue weighted by Crippen LogP contribution is 2.26. The average molecular weight is 254 g/mol. The molecule has 1 unspecified atom stereocenters. The summed E-state index contributed by atoms with van der Waals surface area (Å²) in [7, 11) is -7.04. The molecule has 0 aliphatic heterocycles. The largest absolute Gasteiger partial charge is 0.268 e. The van der Waals surface area contributed by atoms with Gasteiger partial charge in [-0.1, -0.05) is 19.3 Å². The number of nitrogens with one attached hydrogen (secondary N) is 1. The Labute approximate surface area is 90.4 Å². The van der Waals surface area contributed by atoms with Gasteiger partial charge in [0, 0.05) is 0 Å². The normalized spacial score (nSPS) is 21.4. The molecule has 1 saturated carbocycles. The topological polar surface area (TPSA) is 104 Å². The summed E-state index contributed by atoms with van der Waals surface area (Å²) in [5, 5.41) is 2.06. The number of hydrogen-bond donors (Lipinski definition) is 2. The molecule has 0 bridgehead atoms. The fourth-order valence-corrected chi connectivity index (χ4v) is 4.86. The molecule has 0 saturated heterocycles. The second-order valence-corrected chi connectivity index (χ2v) is 7.29. The summed E-state index contributed by atoms with van der Waals surface area (Å²) in [5.41, 5.74) is 6.63. The predicted molar refractivity (Wildman–Crippen MR) is 55.0 cm³/mol. The minimum absolute atomic E-state index is 0.484. The minimum Gasteiger partial charge on any atom is -0.228 e. The highest BCUT2D eigenvalue weighted by Gasteiger charge is 2.36. The molecule has 0 radical (unpaired) electrons. The Kier molecular flexibility index (Phi) is 4.21. The Balaban J connectivity index is 2.93. The Morgan fingerprint density at radius 3 is 2.13 bits per heavy atom. The first-order chi connectivity index (χ1) is 7.00. The molecule has 0 heterocycles. The molecule has 1 aliphatic carbocycles. The van der Waals surface area contributed by atoms with Gasteiger partial charge in [-0.2, -0.15) is 5.11 Å². The molecule has 15 heavy (non-hydrogen) atoms. The van der Waals surface area contributed by atoms with E-state index in [1.807, 2.05) is 0 Å². The number of hydrogen-bond acceptors (Lipinski definition) is 6. The van der Waals surface area contributed by atoms with Crippen LogP contribution in [-0.2, 0) is 20.5 Å². The summed E-state index contributed by atoms with van der Waals surface area (Å²) < 4.78 is 43.0. The van der Waals surface area contributed by atoms with Crippen molar-refractivity contribution in [3.63, 3.8) is 0 Å². The number of thiol groups is 1. The third-order valence-electron chi connectivity index (χ3n) is 2.60. The van der Waals surface area contributed by atoms with Crippen LogP contribution in [0.4, 0.5) is 0 Å². The number of rotatable bonds is 4. The fraction of sp³-hybridized carbons (Fsp3) is 1.00. The summed E-state index contributed by atoms with van der Waals surface area (Å²) in [6, 6.07) is 0. The van der Waals surface area contributed by atoms with Crippen LogP contribution in [0.15, 0.2) is 5.11 Å². The quantitative estimate of drug-likeness (QED) is 0.568. The zero-order chi connectivity index (χ0) is 11.5. The second kappa shape index (κ2) is 5.02. The van der Waals surface area contributed by atoms with Crippen molar-refractivity contribution in [2.75, 3.05) is 0 Å². The first-order valence-electron chi connectivity index (χ1n) is 4.73. The molecule has 6 nitrogen and oxygen atoms in total. The fourth-order valence-electron chi connectivity index (χ4n) is 1.81.